The first kappa shape index (κ1) is 25.9. The third kappa shape index (κ3) is 6.14. The molecule has 1 N–H and O–H groups in total. The largest absolute Gasteiger partial charge is 0.497 e. The molecule has 0 radical (unpaired) electrons. The van der Waals surface area contributed by atoms with Crippen LogP contribution in [0.15, 0.2) is 48.5 Å². The Balaban J connectivity index is 1.48. The molecule has 2 aliphatic heterocycles. The molecule has 0 aromatic heterocycles. The fourth-order valence-electron chi connectivity index (χ4n) is 4.78. The van der Waals surface area contributed by atoms with E-state index >= 15 is 0 Å². The number of carbonyl (C=O) groups excluding carboxylic acids is 2. The van der Waals surface area contributed by atoms with Gasteiger partial charge >= 0.3 is 0 Å². The number of benzene rings is 2. The van der Waals surface area contributed by atoms with E-state index in [0.717, 1.165) is 26.1 Å². The Morgan fingerprint density at radius 3 is 2.42 bits per heavy atom. The van der Waals surface area contributed by atoms with Crippen LogP contribution in [-0.2, 0) is 9.59 Å². The molecule has 2 aromatic rings. The van der Waals surface area contributed by atoms with Crippen LogP contribution in [0.3, 0.4) is 0 Å². The summed E-state index contributed by atoms with van der Waals surface area (Å²) in [6.45, 7) is 3.80. The standard InChI is InChI=1S/C27H34N4O4S/c1-34-22-12-10-20(11-13-22)28-25(32)19-24-26(33)31(21-8-6-9-23(18-21)35-2)27(36)30(24)17-7-16-29-14-4-3-5-15-29/h6,8-13,18,24H,3-5,7,14-17,19H2,1-2H3,(H,28,32)/t24-/m0/s1. The van der Waals surface area contributed by atoms with Crippen molar-refractivity contribution in [3.63, 3.8) is 0 Å². The lowest BCUT2D eigenvalue weighted by Crippen LogP contribution is -2.40. The predicted octanol–water partition coefficient (Wildman–Crippen LogP) is 3.91. The van der Waals surface area contributed by atoms with Crippen LogP contribution >= 0.6 is 12.2 Å². The Hall–Kier alpha value is -3.17. The van der Waals surface area contributed by atoms with Crippen LogP contribution in [0.25, 0.3) is 0 Å². The van der Waals surface area contributed by atoms with E-state index in [2.05, 4.69) is 10.2 Å². The van der Waals surface area contributed by atoms with E-state index in [-0.39, 0.29) is 18.2 Å². The summed E-state index contributed by atoms with van der Waals surface area (Å²) in [4.78, 5) is 32.5. The van der Waals surface area contributed by atoms with Gasteiger partial charge in [-0.15, -0.1) is 0 Å². The van der Waals surface area contributed by atoms with Gasteiger partial charge in [0, 0.05) is 18.3 Å². The van der Waals surface area contributed by atoms with Gasteiger partial charge in [-0.3, -0.25) is 14.5 Å². The molecule has 0 aliphatic carbocycles. The van der Waals surface area contributed by atoms with Gasteiger partial charge in [0.15, 0.2) is 5.11 Å². The van der Waals surface area contributed by atoms with Gasteiger partial charge in [0.1, 0.15) is 17.5 Å². The maximum absolute atomic E-state index is 13.6. The monoisotopic (exact) mass is 510 g/mol. The molecule has 2 saturated heterocycles. The van der Waals surface area contributed by atoms with Crippen LogP contribution in [0.4, 0.5) is 11.4 Å². The van der Waals surface area contributed by atoms with Gasteiger partial charge in [0.25, 0.3) is 5.91 Å². The number of methoxy groups -OCH3 is 2. The Bertz CT molecular complexity index is 1070. The Kier molecular flexibility index (Phi) is 8.77. The molecule has 2 fully saturated rings. The van der Waals surface area contributed by atoms with Gasteiger partial charge in [0.05, 0.1) is 26.3 Å². The second-order valence-electron chi connectivity index (χ2n) is 9.10. The minimum atomic E-state index is -0.664. The number of anilines is 2. The van der Waals surface area contributed by atoms with Crippen molar-refractivity contribution < 1.29 is 19.1 Å². The van der Waals surface area contributed by atoms with Crippen LogP contribution in [0.2, 0.25) is 0 Å². The summed E-state index contributed by atoms with van der Waals surface area (Å²) < 4.78 is 10.5. The van der Waals surface area contributed by atoms with Gasteiger partial charge in [-0.05, 0) is 87.5 Å². The summed E-state index contributed by atoms with van der Waals surface area (Å²) in [7, 11) is 3.18. The number of ether oxygens (including phenoxy) is 2. The lowest BCUT2D eigenvalue weighted by atomic mass is 10.1. The maximum Gasteiger partial charge on any atom is 0.256 e. The van der Waals surface area contributed by atoms with Gasteiger partial charge in [-0.2, -0.15) is 0 Å². The van der Waals surface area contributed by atoms with E-state index in [4.69, 9.17) is 21.7 Å². The second kappa shape index (κ2) is 12.2. The zero-order valence-electron chi connectivity index (χ0n) is 20.9. The van der Waals surface area contributed by atoms with Gasteiger partial charge in [0.2, 0.25) is 5.91 Å². The minimum Gasteiger partial charge on any atom is -0.497 e. The van der Waals surface area contributed by atoms with Crippen LogP contribution < -0.4 is 19.7 Å². The number of hydrogen-bond acceptors (Lipinski definition) is 6. The summed E-state index contributed by atoms with van der Waals surface area (Å²) in [5, 5.41) is 3.32. The quantitative estimate of drug-likeness (QED) is 0.486. The molecule has 0 saturated carbocycles. The number of nitrogens with one attached hydrogen (secondary N) is 1. The van der Waals surface area contributed by atoms with Crippen molar-refractivity contribution in [1.29, 1.82) is 0 Å². The van der Waals surface area contributed by atoms with Crippen molar-refractivity contribution in [3.8, 4) is 11.5 Å². The number of carbonyl (C=O) groups is 2. The number of rotatable bonds is 10. The summed E-state index contributed by atoms with van der Waals surface area (Å²) in [5.41, 5.74) is 1.29. The molecule has 0 bridgehead atoms. The van der Waals surface area contributed by atoms with Crippen LogP contribution in [0.5, 0.6) is 11.5 Å². The molecule has 192 valence electrons. The zero-order valence-corrected chi connectivity index (χ0v) is 21.8. The highest BCUT2D eigenvalue weighted by Gasteiger charge is 2.44. The Morgan fingerprint density at radius 2 is 1.72 bits per heavy atom. The smallest absolute Gasteiger partial charge is 0.256 e. The summed E-state index contributed by atoms with van der Waals surface area (Å²) in [6.07, 6.45) is 4.64. The maximum atomic E-state index is 13.6. The fourth-order valence-corrected chi connectivity index (χ4v) is 5.20. The van der Waals surface area contributed by atoms with Crippen molar-refractivity contribution in [2.45, 2.75) is 38.1 Å². The molecule has 4 rings (SSSR count). The summed E-state index contributed by atoms with van der Waals surface area (Å²) in [5.74, 6) is 0.907. The van der Waals surface area contributed by atoms with Crippen LogP contribution in [0.1, 0.15) is 32.1 Å². The first-order chi connectivity index (χ1) is 17.5. The van der Waals surface area contributed by atoms with Gasteiger partial charge in [-0.1, -0.05) is 12.5 Å². The van der Waals surface area contributed by atoms with Crippen LogP contribution in [-0.4, -0.2) is 73.2 Å². The third-order valence-corrected chi connectivity index (χ3v) is 7.12. The van der Waals surface area contributed by atoms with Crippen molar-refractivity contribution in [1.82, 2.24) is 9.80 Å². The van der Waals surface area contributed by atoms with E-state index in [1.165, 1.54) is 24.2 Å². The molecule has 2 aromatic carbocycles. The molecule has 0 unspecified atom stereocenters. The third-order valence-electron chi connectivity index (χ3n) is 6.70. The number of amides is 2. The number of piperidine rings is 1. The molecule has 2 heterocycles. The Morgan fingerprint density at radius 1 is 1.00 bits per heavy atom. The zero-order chi connectivity index (χ0) is 25.5. The average Bonchev–Trinajstić information content (AvgIpc) is 3.13. The molecule has 2 aliphatic rings. The first-order valence-electron chi connectivity index (χ1n) is 12.4. The molecule has 0 spiro atoms. The normalized spacial score (nSPS) is 18.4. The van der Waals surface area contributed by atoms with E-state index in [1.54, 1.807) is 44.6 Å². The number of thiocarbonyl (C=S) groups is 1. The van der Waals surface area contributed by atoms with E-state index < -0.39 is 6.04 Å². The highest BCUT2D eigenvalue weighted by molar-refractivity contribution is 7.80. The fraction of sp³-hybridized carbons (Fsp3) is 0.444. The van der Waals surface area contributed by atoms with E-state index in [1.807, 2.05) is 23.1 Å². The molecule has 1 atom stereocenters. The van der Waals surface area contributed by atoms with E-state index in [0.29, 0.717) is 34.5 Å². The van der Waals surface area contributed by atoms with Crippen molar-refractivity contribution in [2.24, 2.45) is 0 Å². The average molecular weight is 511 g/mol. The minimum absolute atomic E-state index is 0.00911. The summed E-state index contributed by atoms with van der Waals surface area (Å²) >= 11 is 5.79. The van der Waals surface area contributed by atoms with Gasteiger partial charge < -0.3 is 24.6 Å². The molecule has 9 heteroatoms. The number of nitrogens with zero attached hydrogens (tertiary/aromatic N) is 3. The summed E-state index contributed by atoms with van der Waals surface area (Å²) in [6, 6.07) is 13.7. The Labute approximate surface area is 218 Å². The lowest BCUT2D eigenvalue weighted by Gasteiger charge is -2.28. The first-order valence-corrected chi connectivity index (χ1v) is 12.9. The van der Waals surface area contributed by atoms with E-state index in [9.17, 15) is 9.59 Å². The molecular formula is C27H34N4O4S. The SMILES string of the molecule is COc1ccc(NC(=O)C[C@H]2C(=O)N(c3cccc(OC)c3)C(=S)N2CCCN2CCCCC2)cc1. The lowest BCUT2D eigenvalue weighted by molar-refractivity contribution is -0.124. The highest BCUT2D eigenvalue weighted by atomic mass is 32.1. The highest BCUT2D eigenvalue weighted by Crippen LogP contribution is 2.30. The molecule has 36 heavy (non-hydrogen) atoms. The van der Waals surface area contributed by atoms with Crippen molar-refractivity contribution >= 4 is 40.5 Å². The van der Waals surface area contributed by atoms with Gasteiger partial charge in [-0.25, -0.2) is 0 Å². The van der Waals surface area contributed by atoms with Crippen LogP contribution in [0, 0.1) is 0 Å². The topological polar surface area (TPSA) is 74.3 Å². The number of likely N-dealkylation sites (tertiary alicyclic amines) is 1. The molecule has 2 amide bonds. The van der Waals surface area contributed by atoms with Crippen molar-refractivity contribution in [2.75, 3.05) is 50.6 Å². The predicted molar refractivity (Wildman–Crippen MR) is 145 cm³/mol. The molecule has 8 nitrogen and oxygen atoms in total. The van der Waals surface area contributed by atoms with Crippen molar-refractivity contribution in [3.05, 3.63) is 48.5 Å². The molecular weight excluding hydrogens is 476 g/mol. The number of hydrogen-bond donors (Lipinski definition) is 1. The second-order valence-corrected chi connectivity index (χ2v) is 9.47.